The molecule has 1 aromatic carbocycles. The van der Waals surface area contributed by atoms with Crippen molar-refractivity contribution in [1.29, 1.82) is 0 Å². The Balaban J connectivity index is 1.73. The molecule has 0 radical (unpaired) electrons. The number of hydrogen-bond acceptors (Lipinski definition) is 5. The Morgan fingerprint density at radius 1 is 1.00 bits per heavy atom. The predicted octanol–water partition coefficient (Wildman–Crippen LogP) is 2.94. The minimum atomic E-state index is -0.367. The molecule has 0 bridgehead atoms. The van der Waals surface area contributed by atoms with Gasteiger partial charge in [-0.1, -0.05) is 20.8 Å². The van der Waals surface area contributed by atoms with Crippen molar-refractivity contribution < 1.29 is 14.3 Å². The van der Waals surface area contributed by atoms with Crippen LogP contribution in [0.2, 0.25) is 0 Å². The molecule has 1 N–H and O–H groups in total. The lowest BCUT2D eigenvalue weighted by Gasteiger charge is -2.29. The van der Waals surface area contributed by atoms with Gasteiger partial charge in [-0.2, -0.15) is 0 Å². The van der Waals surface area contributed by atoms with E-state index in [2.05, 4.69) is 10.2 Å². The second-order valence-electron chi connectivity index (χ2n) is 7.37. The third-order valence-corrected chi connectivity index (χ3v) is 4.39. The van der Waals surface area contributed by atoms with E-state index in [9.17, 15) is 9.59 Å². The minimum Gasteiger partial charge on any atom is -0.378 e. The number of hydrogen-bond donors (Lipinski definition) is 1. The predicted molar refractivity (Wildman–Crippen MR) is 98.7 cm³/mol. The summed E-state index contributed by atoms with van der Waals surface area (Å²) < 4.78 is 5.37. The first kappa shape index (κ1) is 17.4. The molecule has 0 spiro atoms. The van der Waals surface area contributed by atoms with E-state index >= 15 is 0 Å². The highest BCUT2D eigenvalue weighted by molar-refractivity contribution is 6.21. The van der Waals surface area contributed by atoms with E-state index in [0.717, 1.165) is 37.7 Å². The molecule has 3 rings (SSSR count). The van der Waals surface area contributed by atoms with E-state index in [1.165, 1.54) is 12.2 Å². The molecule has 1 saturated heterocycles. The van der Waals surface area contributed by atoms with Crippen molar-refractivity contribution in [2.45, 2.75) is 20.8 Å². The maximum Gasteiger partial charge on any atom is 0.205 e. The summed E-state index contributed by atoms with van der Waals surface area (Å²) >= 11 is 0. The molecule has 1 aromatic rings. The maximum atomic E-state index is 12.7. The first-order valence-corrected chi connectivity index (χ1v) is 8.57. The molecule has 1 fully saturated rings. The highest BCUT2D eigenvalue weighted by atomic mass is 16.5. The lowest BCUT2D eigenvalue weighted by Crippen LogP contribution is -2.36. The van der Waals surface area contributed by atoms with Crippen molar-refractivity contribution in [1.82, 2.24) is 0 Å². The number of anilines is 2. The average molecular weight is 340 g/mol. The van der Waals surface area contributed by atoms with Crippen LogP contribution in [-0.4, -0.2) is 37.9 Å². The van der Waals surface area contributed by atoms with E-state index < -0.39 is 0 Å². The Hall–Kier alpha value is -2.40. The van der Waals surface area contributed by atoms with Crippen molar-refractivity contribution in [2.75, 3.05) is 36.5 Å². The second-order valence-corrected chi connectivity index (χ2v) is 7.37. The number of Topliss-reactive ketones (excluding diaryl/α,β-unsaturated/α-hetero) is 1. The number of carbonyl (C=O) groups excluding carboxylic acids is 2. The molecule has 1 aliphatic carbocycles. The summed E-state index contributed by atoms with van der Waals surface area (Å²) in [7, 11) is 0. The molecule has 0 amide bonds. The third kappa shape index (κ3) is 3.99. The van der Waals surface area contributed by atoms with Crippen molar-refractivity contribution >= 4 is 22.9 Å². The van der Waals surface area contributed by atoms with Crippen LogP contribution in [0.25, 0.3) is 0 Å². The van der Waals surface area contributed by atoms with E-state index in [0.29, 0.717) is 11.3 Å². The number of nitrogens with zero attached hydrogens (tertiary/aromatic N) is 1. The van der Waals surface area contributed by atoms with Crippen molar-refractivity contribution in [3.05, 3.63) is 47.7 Å². The number of nitrogens with one attached hydrogen (secondary N) is 1. The zero-order valence-corrected chi connectivity index (χ0v) is 15.0. The normalized spacial score (nSPS) is 18.8. The minimum absolute atomic E-state index is 0.121. The Kier molecular flexibility index (Phi) is 4.77. The molecule has 1 aliphatic heterocycles. The van der Waals surface area contributed by atoms with E-state index in [1.54, 1.807) is 0 Å². The van der Waals surface area contributed by atoms with Crippen molar-refractivity contribution in [3.8, 4) is 0 Å². The molecule has 2 aliphatic rings. The summed E-state index contributed by atoms with van der Waals surface area (Å²) in [4.78, 5) is 26.9. The summed E-state index contributed by atoms with van der Waals surface area (Å²) in [6.45, 7) is 9.05. The Morgan fingerprint density at radius 2 is 1.64 bits per heavy atom. The zero-order chi connectivity index (χ0) is 18.0. The van der Waals surface area contributed by atoms with Crippen LogP contribution in [0.4, 0.5) is 11.4 Å². The van der Waals surface area contributed by atoms with Gasteiger partial charge in [0.2, 0.25) is 5.78 Å². The van der Waals surface area contributed by atoms with Crippen LogP contribution in [0, 0.1) is 5.41 Å². The van der Waals surface area contributed by atoms with Gasteiger partial charge in [0.25, 0.3) is 0 Å². The number of benzene rings is 1. The fourth-order valence-electron chi connectivity index (χ4n) is 2.98. The summed E-state index contributed by atoms with van der Waals surface area (Å²) in [5.41, 5.74) is 2.42. The molecule has 0 atom stereocenters. The molecule has 5 nitrogen and oxygen atoms in total. The van der Waals surface area contributed by atoms with E-state index in [1.807, 2.05) is 45.0 Å². The standard InChI is InChI=1S/C20H24N2O3/c1-20(2,3)17-12-16(23)13-18(19(17)24)21-14-4-6-15(7-5-14)22-8-10-25-11-9-22/h4-7,12-13,21H,8-11H2,1-3H3. The largest absolute Gasteiger partial charge is 0.378 e. The molecule has 5 heteroatoms. The van der Waals surface area contributed by atoms with Gasteiger partial charge in [0.15, 0.2) is 5.78 Å². The molecular weight excluding hydrogens is 316 g/mol. The molecule has 0 aromatic heterocycles. The van der Waals surface area contributed by atoms with Crippen LogP contribution in [0.5, 0.6) is 0 Å². The molecule has 132 valence electrons. The summed E-state index contributed by atoms with van der Waals surface area (Å²) in [5, 5.41) is 3.10. The Labute approximate surface area is 148 Å². The fraction of sp³-hybridized carbons (Fsp3) is 0.400. The van der Waals surface area contributed by atoms with Crippen LogP contribution in [0.15, 0.2) is 47.7 Å². The number of ketones is 2. The number of morpholine rings is 1. The topological polar surface area (TPSA) is 58.6 Å². The van der Waals surface area contributed by atoms with Gasteiger partial charge in [-0.25, -0.2) is 0 Å². The third-order valence-electron chi connectivity index (χ3n) is 4.39. The quantitative estimate of drug-likeness (QED) is 0.858. The van der Waals surface area contributed by atoms with Crippen LogP contribution in [-0.2, 0) is 14.3 Å². The van der Waals surface area contributed by atoms with Gasteiger partial charge in [-0.05, 0) is 35.8 Å². The lowest BCUT2D eigenvalue weighted by atomic mass is 9.80. The van der Waals surface area contributed by atoms with E-state index in [-0.39, 0.29) is 17.0 Å². The van der Waals surface area contributed by atoms with Crippen LogP contribution in [0.3, 0.4) is 0 Å². The summed E-state index contributed by atoms with van der Waals surface area (Å²) in [6, 6.07) is 7.89. The van der Waals surface area contributed by atoms with Gasteiger partial charge in [0.1, 0.15) is 0 Å². The summed E-state index contributed by atoms with van der Waals surface area (Å²) in [6.07, 6.45) is 2.81. The van der Waals surface area contributed by atoms with Crippen LogP contribution in [0.1, 0.15) is 20.8 Å². The van der Waals surface area contributed by atoms with Crippen molar-refractivity contribution in [2.24, 2.45) is 5.41 Å². The van der Waals surface area contributed by atoms with Crippen molar-refractivity contribution in [3.63, 3.8) is 0 Å². The Bertz CT molecular complexity index is 733. The first-order valence-electron chi connectivity index (χ1n) is 8.57. The average Bonchev–Trinajstić information content (AvgIpc) is 2.58. The second kappa shape index (κ2) is 6.84. The smallest absolute Gasteiger partial charge is 0.205 e. The molecular formula is C20H24N2O3. The molecule has 25 heavy (non-hydrogen) atoms. The van der Waals surface area contributed by atoms with Gasteiger partial charge in [-0.15, -0.1) is 0 Å². The number of ether oxygens (including phenoxy) is 1. The molecule has 1 heterocycles. The highest BCUT2D eigenvalue weighted by Crippen LogP contribution is 2.31. The number of rotatable bonds is 3. The van der Waals surface area contributed by atoms with Gasteiger partial charge < -0.3 is 15.0 Å². The molecule has 0 saturated carbocycles. The summed E-state index contributed by atoms with van der Waals surface area (Å²) in [5.74, 6) is -0.277. The van der Waals surface area contributed by atoms with Gasteiger partial charge in [0, 0.05) is 36.1 Å². The lowest BCUT2D eigenvalue weighted by molar-refractivity contribution is -0.115. The Morgan fingerprint density at radius 3 is 2.24 bits per heavy atom. The van der Waals surface area contributed by atoms with Gasteiger partial charge in [0.05, 0.1) is 18.9 Å². The SMILES string of the molecule is CC(C)(C)C1=CC(=O)C=C(Nc2ccc(N3CCOCC3)cc2)C1=O. The van der Waals surface area contributed by atoms with Gasteiger partial charge >= 0.3 is 0 Å². The monoisotopic (exact) mass is 340 g/mol. The van der Waals surface area contributed by atoms with Crippen LogP contribution < -0.4 is 10.2 Å². The van der Waals surface area contributed by atoms with E-state index in [4.69, 9.17) is 4.74 Å². The fourth-order valence-corrected chi connectivity index (χ4v) is 2.98. The maximum absolute atomic E-state index is 12.7. The zero-order valence-electron chi connectivity index (χ0n) is 15.0. The first-order chi connectivity index (χ1) is 11.8. The highest BCUT2D eigenvalue weighted by Gasteiger charge is 2.30. The number of allylic oxidation sites excluding steroid dienone is 3. The number of carbonyl (C=O) groups is 2. The van der Waals surface area contributed by atoms with Crippen LogP contribution >= 0.6 is 0 Å². The molecule has 0 unspecified atom stereocenters. The van der Waals surface area contributed by atoms with Gasteiger partial charge in [-0.3, -0.25) is 9.59 Å².